The summed E-state index contributed by atoms with van der Waals surface area (Å²) in [4.78, 5) is 35.9. The van der Waals surface area contributed by atoms with E-state index < -0.39 is 12.6 Å². The van der Waals surface area contributed by atoms with E-state index in [-0.39, 0.29) is 11.1 Å². The lowest BCUT2D eigenvalue weighted by Gasteiger charge is -2.11. The topological polar surface area (TPSA) is 93.1 Å². The van der Waals surface area contributed by atoms with Gasteiger partial charge >= 0.3 is 5.97 Å². The Kier molecular flexibility index (Phi) is 5.86. The zero-order chi connectivity index (χ0) is 17.7. The number of aliphatic carboxylic acids is 1. The number of hydrogen-bond donors (Lipinski definition) is 1. The van der Waals surface area contributed by atoms with Gasteiger partial charge in [0.2, 0.25) is 0 Å². The van der Waals surface area contributed by atoms with Crippen LogP contribution in [0.2, 0.25) is 0 Å². The predicted octanol–water partition coefficient (Wildman–Crippen LogP) is 2.60. The number of amides is 2. The van der Waals surface area contributed by atoms with Gasteiger partial charge in [0.1, 0.15) is 0 Å². The zero-order valence-electron chi connectivity index (χ0n) is 13.3. The van der Waals surface area contributed by atoms with Gasteiger partial charge in [0.25, 0.3) is 11.1 Å². The molecule has 1 aliphatic heterocycles. The number of thioether (sulfide) groups is 1. The average molecular weight is 351 g/mol. The van der Waals surface area contributed by atoms with Gasteiger partial charge in [0.05, 0.1) is 11.5 Å². The molecule has 2 rings (SSSR count). The molecule has 0 spiro atoms. The third-order valence-corrected chi connectivity index (χ3v) is 4.01. The van der Waals surface area contributed by atoms with Crippen molar-refractivity contribution in [2.75, 3.05) is 19.8 Å². The molecular formula is C16H17NO6S. The van der Waals surface area contributed by atoms with Crippen molar-refractivity contribution in [2.24, 2.45) is 0 Å². The number of imide groups is 1. The number of benzene rings is 1. The Bertz CT molecular complexity index is 700. The standard InChI is InChI=1S/C16H17NO6S/c1-3-17-15(20)13(24-16(17)21)8-10-5-6-11(23-9-14(18)19)12(7-10)22-4-2/h5-8H,3-4,9H2,1-2H3,(H,18,19)/b13-8-. The quantitative estimate of drug-likeness (QED) is 0.755. The van der Waals surface area contributed by atoms with Gasteiger partial charge in [0, 0.05) is 6.54 Å². The van der Waals surface area contributed by atoms with Crippen molar-refractivity contribution >= 4 is 35.0 Å². The first-order chi connectivity index (χ1) is 11.5. The molecule has 1 aromatic carbocycles. The first kappa shape index (κ1) is 17.9. The Morgan fingerprint density at radius 3 is 2.58 bits per heavy atom. The number of nitrogens with zero attached hydrogens (tertiary/aromatic N) is 1. The second-order valence-corrected chi connectivity index (χ2v) is 5.74. The summed E-state index contributed by atoms with van der Waals surface area (Å²) in [5, 5.41) is 8.40. The Labute approximate surface area is 143 Å². The third kappa shape index (κ3) is 4.08. The number of ether oxygens (including phenoxy) is 2. The molecule has 1 fully saturated rings. The first-order valence-corrected chi connectivity index (χ1v) is 8.14. The van der Waals surface area contributed by atoms with Gasteiger partial charge in [-0.05, 0) is 49.4 Å². The highest BCUT2D eigenvalue weighted by atomic mass is 32.2. The van der Waals surface area contributed by atoms with Crippen LogP contribution < -0.4 is 9.47 Å². The number of carboxylic acids is 1. The van der Waals surface area contributed by atoms with E-state index >= 15 is 0 Å². The summed E-state index contributed by atoms with van der Waals surface area (Å²) in [6.45, 7) is 3.75. The van der Waals surface area contributed by atoms with Gasteiger partial charge in [-0.15, -0.1) is 0 Å². The van der Waals surface area contributed by atoms with Gasteiger partial charge in [-0.2, -0.15) is 0 Å². The molecule has 0 unspecified atom stereocenters. The summed E-state index contributed by atoms with van der Waals surface area (Å²) in [6.07, 6.45) is 1.60. The fourth-order valence-corrected chi connectivity index (χ4v) is 2.97. The van der Waals surface area contributed by atoms with Crippen LogP contribution in [0.3, 0.4) is 0 Å². The SMILES string of the molecule is CCOc1cc(/C=C2\SC(=O)N(CC)C2=O)ccc1OCC(=O)O. The Hall–Kier alpha value is -2.48. The van der Waals surface area contributed by atoms with Crippen molar-refractivity contribution < 1.29 is 29.0 Å². The van der Waals surface area contributed by atoms with Gasteiger partial charge in [-0.3, -0.25) is 14.5 Å². The maximum absolute atomic E-state index is 12.1. The minimum atomic E-state index is -1.09. The number of carbonyl (C=O) groups is 3. The highest BCUT2D eigenvalue weighted by Crippen LogP contribution is 2.34. The fourth-order valence-electron chi connectivity index (χ4n) is 2.07. The molecule has 1 aromatic rings. The second-order valence-electron chi connectivity index (χ2n) is 4.75. The van der Waals surface area contributed by atoms with Crippen molar-refractivity contribution in [3.63, 3.8) is 0 Å². The lowest BCUT2D eigenvalue weighted by Crippen LogP contribution is -2.27. The van der Waals surface area contributed by atoms with Crippen LogP contribution in [0, 0.1) is 0 Å². The van der Waals surface area contributed by atoms with E-state index in [0.29, 0.717) is 35.1 Å². The lowest BCUT2D eigenvalue weighted by atomic mass is 10.2. The summed E-state index contributed by atoms with van der Waals surface area (Å²) < 4.78 is 10.6. The molecule has 1 saturated heterocycles. The molecular weight excluding hydrogens is 334 g/mol. The van der Waals surface area contributed by atoms with Crippen molar-refractivity contribution in [3.05, 3.63) is 28.7 Å². The number of likely N-dealkylation sites (N-methyl/N-ethyl adjacent to an activating group) is 1. The number of carbonyl (C=O) groups excluding carboxylic acids is 2. The minimum absolute atomic E-state index is 0.291. The fraction of sp³-hybridized carbons (Fsp3) is 0.312. The molecule has 24 heavy (non-hydrogen) atoms. The molecule has 0 aliphatic carbocycles. The third-order valence-electron chi connectivity index (χ3n) is 3.11. The van der Waals surface area contributed by atoms with Crippen LogP contribution in [-0.2, 0) is 9.59 Å². The maximum Gasteiger partial charge on any atom is 0.341 e. The molecule has 7 nitrogen and oxygen atoms in total. The highest BCUT2D eigenvalue weighted by molar-refractivity contribution is 8.18. The first-order valence-electron chi connectivity index (χ1n) is 7.33. The molecule has 2 amide bonds. The molecule has 0 aromatic heterocycles. The molecule has 1 heterocycles. The molecule has 8 heteroatoms. The summed E-state index contributed by atoms with van der Waals surface area (Å²) in [5.74, 6) is -0.730. The summed E-state index contributed by atoms with van der Waals surface area (Å²) in [6, 6.07) is 4.88. The highest BCUT2D eigenvalue weighted by Gasteiger charge is 2.33. The largest absolute Gasteiger partial charge is 0.490 e. The number of rotatable bonds is 7. The van der Waals surface area contributed by atoms with Crippen molar-refractivity contribution in [1.29, 1.82) is 0 Å². The van der Waals surface area contributed by atoms with Crippen LogP contribution in [-0.4, -0.2) is 46.9 Å². The molecule has 0 bridgehead atoms. The van der Waals surface area contributed by atoms with Crippen LogP contribution in [0.1, 0.15) is 19.4 Å². The number of carboxylic acid groups (broad SMARTS) is 1. The van der Waals surface area contributed by atoms with Crippen LogP contribution >= 0.6 is 11.8 Å². The molecule has 0 saturated carbocycles. The van der Waals surface area contributed by atoms with E-state index in [1.165, 1.54) is 4.90 Å². The van der Waals surface area contributed by atoms with Crippen LogP contribution in [0.25, 0.3) is 6.08 Å². The molecule has 0 radical (unpaired) electrons. The van der Waals surface area contributed by atoms with Crippen molar-refractivity contribution in [1.82, 2.24) is 4.90 Å². The summed E-state index contributed by atoms with van der Waals surface area (Å²) in [7, 11) is 0. The van der Waals surface area contributed by atoms with E-state index in [1.807, 2.05) is 0 Å². The lowest BCUT2D eigenvalue weighted by molar-refractivity contribution is -0.139. The van der Waals surface area contributed by atoms with Crippen molar-refractivity contribution in [2.45, 2.75) is 13.8 Å². The van der Waals surface area contributed by atoms with E-state index in [4.69, 9.17) is 14.6 Å². The molecule has 1 aliphatic rings. The van der Waals surface area contributed by atoms with E-state index in [1.54, 1.807) is 38.1 Å². The predicted molar refractivity (Wildman–Crippen MR) is 89.1 cm³/mol. The summed E-state index contributed by atoms with van der Waals surface area (Å²) >= 11 is 0.888. The Morgan fingerprint density at radius 1 is 1.25 bits per heavy atom. The van der Waals surface area contributed by atoms with E-state index in [9.17, 15) is 14.4 Å². The number of hydrogen-bond acceptors (Lipinski definition) is 6. The average Bonchev–Trinajstić information content (AvgIpc) is 2.80. The minimum Gasteiger partial charge on any atom is -0.490 e. The van der Waals surface area contributed by atoms with Crippen LogP contribution in [0.15, 0.2) is 23.1 Å². The van der Waals surface area contributed by atoms with E-state index in [0.717, 1.165) is 11.8 Å². The van der Waals surface area contributed by atoms with Gasteiger partial charge in [0.15, 0.2) is 18.1 Å². The Balaban J connectivity index is 2.26. The summed E-state index contributed by atoms with van der Waals surface area (Å²) in [5.41, 5.74) is 0.655. The maximum atomic E-state index is 12.1. The van der Waals surface area contributed by atoms with Gasteiger partial charge in [-0.25, -0.2) is 4.79 Å². The zero-order valence-corrected chi connectivity index (χ0v) is 14.1. The van der Waals surface area contributed by atoms with Crippen LogP contribution in [0.5, 0.6) is 11.5 Å². The molecule has 0 atom stereocenters. The molecule has 128 valence electrons. The monoisotopic (exact) mass is 351 g/mol. The normalized spacial score (nSPS) is 15.9. The van der Waals surface area contributed by atoms with E-state index in [2.05, 4.69) is 0 Å². The molecule has 1 N–H and O–H groups in total. The van der Waals surface area contributed by atoms with Crippen LogP contribution in [0.4, 0.5) is 4.79 Å². The van der Waals surface area contributed by atoms with Gasteiger partial charge < -0.3 is 14.6 Å². The van der Waals surface area contributed by atoms with Crippen molar-refractivity contribution in [3.8, 4) is 11.5 Å². The van der Waals surface area contributed by atoms with Gasteiger partial charge in [-0.1, -0.05) is 6.07 Å². The Morgan fingerprint density at radius 2 is 2.00 bits per heavy atom. The smallest absolute Gasteiger partial charge is 0.341 e. The second kappa shape index (κ2) is 7.87.